The van der Waals surface area contributed by atoms with Gasteiger partial charge in [0.15, 0.2) is 0 Å². The SMILES string of the molecule is C=C(c1ccc(C(C)(C)C)cc1)[C@]12CCC[C@H]1CC(CCCCCC)=C2CCC. The second-order valence-corrected chi connectivity index (χ2v) is 10.7. The van der Waals surface area contributed by atoms with E-state index in [-0.39, 0.29) is 10.8 Å². The van der Waals surface area contributed by atoms with Gasteiger partial charge in [-0.15, -0.1) is 0 Å². The molecule has 0 amide bonds. The Hall–Kier alpha value is -1.30. The summed E-state index contributed by atoms with van der Waals surface area (Å²) < 4.78 is 0. The van der Waals surface area contributed by atoms with E-state index < -0.39 is 0 Å². The molecule has 0 bridgehead atoms. The molecule has 0 heterocycles. The van der Waals surface area contributed by atoms with Crippen molar-refractivity contribution in [2.75, 3.05) is 0 Å². The monoisotopic (exact) mass is 392 g/mol. The van der Waals surface area contributed by atoms with Crippen molar-refractivity contribution in [2.24, 2.45) is 11.3 Å². The molecule has 0 aliphatic heterocycles. The fraction of sp³-hybridized carbons (Fsp3) is 0.655. The Labute approximate surface area is 180 Å². The van der Waals surface area contributed by atoms with Crippen LogP contribution >= 0.6 is 0 Å². The van der Waals surface area contributed by atoms with Crippen molar-refractivity contribution in [3.63, 3.8) is 0 Å². The Bertz CT molecular complexity index is 724. The lowest BCUT2D eigenvalue weighted by Gasteiger charge is -2.36. The second-order valence-electron chi connectivity index (χ2n) is 10.7. The molecule has 0 nitrogen and oxygen atoms in total. The number of hydrogen-bond acceptors (Lipinski definition) is 0. The molecular weight excluding hydrogens is 348 g/mol. The van der Waals surface area contributed by atoms with Crippen molar-refractivity contribution in [3.05, 3.63) is 53.1 Å². The zero-order valence-electron chi connectivity index (χ0n) is 19.9. The zero-order valence-corrected chi connectivity index (χ0v) is 19.9. The molecule has 1 aromatic carbocycles. The molecule has 0 aromatic heterocycles. The molecular formula is C29H44. The Morgan fingerprint density at radius 1 is 1.00 bits per heavy atom. The van der Waals surface area contributed by atoms with E-state index in [1.165, 1.54) is 87.3 Å². The predicted molar refractivity (Wildman–Crippen MR) is 129 cm³/mol. The lowest BCUT2D eigenvalue weighted by molar-refractivity contribution is 0.370. The van der Waals surface area contributed by atoms with Gasteiger partial charge in [-0.05, 0) is 66.6 Å². The number of hydrogen-bond donors (Lipinski definition) is 0. The minimum Gasteiger partial charge on any atom is -0.0943 e. The van der Waals surface area contributed by atoms with Gasteiger partial charge in [-0.1, -0.05) is 109 Å². The molecule has 0 saturated heterocycles. The van der Waals surface area contributed by atoms with Crippen molar-refractivity contribution in [3.8, 4) is 0 Å². The number of allylic oxidation sites excluding steroid dienone is 3. The van der Waals surface area contributed by atoms with Crippen molar-refractivity contribution in [1.82, 2.24) is 0 Å². The highest BCUT2D eigenvalue weighted by atomic mass is 14.6. The summed E-state index contributed by atoms with van der Waals surface area (Å²) >= 11 is 0. The molecule has 160 valence electrons. The van der Waals surface area contributed by atoms with Gasteiger partial charge in [0.05, 0.1) is 0 Å². The maximum atomic E-state index is 4.77. The summed E-state index contributed by atoms with van der Waals surface area (Å²) in [7, 11) is 0. The maximum Gasteiger partial charge on any atom is 0.0195 e. The van der Waals surface area contributed by atoms with Gasteiger partial charge >= 0.3 is 0 Å². The van der Waals surface area contributed by atoms with Gasteiger partial charge in [-0.25, -0.2) is 0 Å². The van der Waals surface area contributed by atoms with Gasteiger partial charge in [0, 0.05) is 5.41 Å². The summed E-state index contributed by atoms with van der Waals surface area (Å²) in [6.45, 7) is 16.3. The van der Waals surface area contributed by atoms with Crippen molar-refractivity contribution in [2.45, 2.75) is 111 Å². The van der Waals surface area contributed by atoms with E-state index in [0.29, 0.717) is 0 Å². The summed E-state index contributed by atoms with van der Waals surface area (Å²) in [5.74, 6) is 0.806. The first-order chi connectivity index (χ1) is 13.8. The number of rotatable bonds is 9. The van der Waals surface area contributed by atoms with Crippen LogP contribution in [0.5, 0.6) is 0 Å². The molecule has 0 heteroatoms. The lowest BCUT2D eigenvalue weighted by Crippen LogP contribution is -2.25. The van der Waals surface area contributed by atoms with Gasteiger partial charge in [0.2, 0.25) is 0 Å². The maximum absolute atomic E-state index is 4.77. The summed E-state index contributed by atoms with van der Waals surface area (Å²) in [6.07, 6.45) is 14.8. The Morgan fingerprint density at radius 3 is 2.34 bits per heavy atom. The molecule has 2 aliphatic rings. The van der Waals surface area contributed by atoms with Crippen LogP contribution in [0.25, 0.3) is 5.57 Å². The van der Waals surface area contributed by atoms with E-state index >= 15 is 0 Å². The molecule has 1 saturated carbocycles. The normalized spacial score (nSPS) is 24.2. The highest BCUT2D eigenvalue weighted by Gasteiger charge is 2.51. The fourth-order valence-electron chi connectivity index (χ4n) is 6.16. The third kappa shape index (κ3) is 4.42. The highest BCUT2D eigenvalue weighted by Crippen LogP contribution is 2.64. The van der Waals surface area contributed by atoms with Crippen LogP contribution in [-0.2, 0) is 5.41 Å². The summed E-state index contributed by atoms with van der Waals surface area (Å²) in [5, 5.41) is 0. The average molecular weight is 393 g/mol. The van der Waals surface area contributed by atoms with Gasteiger partial charge in [-0.3, -0.25) is 0 Å². The molecule has 2 aliphatic carbocycles. The van der Waals surface area contributed by atoms with Gasteiger partial charge in [0.1, 0.15) is 0 Å². The fourth-order valence-corrected chi connectivity index (χ4v) is 6.16. The van der Waals surface area contributed by atoms with Crippen LogP contribution in [0.3, 0.4) is 0 Å². The molecule has 0 unspecified atom stereocenters. The third-order valence-electron chi connectivity index (χ3n) is 7.75. The number of unbranched alkanes of at least 4 members (excludes halogenated alkanes) is 3. The van der Waals surface area contributed by atoms with Gasteiger partial charge < -0.3 is 0 Å². The molecule has 3 rings (SSSR count). The number of fused-ring (bicyclic) bond motifs is 1. The summed E-state index contributed by atoms with van der Waals surface area (Å²) in [4.78, 5) is 0. The average Bonchev–Trinajstić information content (AvgIpc) is 3.23. The lowest BCUT2D eigenvalue weighted by atomic mass is 9.67. The van der Waals surface area contributed by atoms with Crippen LogP contribution < -0.4 is 0 Å². The van der Waals surface area contributed by atoms with Crippen molar-refractivity contribution in [1.29, 1.82) is 0 Å². The Kier molecular flexibility index (Phi) is 7.13. The third-order valence-corrected chi connectivity index (χ3v) is 7.75. The zero-order chi connectivity index (χ0) is 21.1. The van der Waals surface area contributed by atoms with E-state index in [2.05, 4.69) is 58.9 Å². The molecule has 2 atom stereocenters. The number of benzene rings is 1. The smallest absolute Gasteiger partial charge is 0.0195 e. The minimum atomic E-state index is 0.209. The van der Waals surface area contributed by atoms with Crippen LogP contribution in [0.4, 0.5) is 0 Å². The molecule has 0 spiro atoms. The first-order valence-electron chi connectivity index (χ1n) is 12.4. The van der Waals surface area contributed by atoms with Crippen LogP contribution in [0, 0.1) is 11.3 Å². The topological polar surface area (TPSA) is 0 Å². The van der Waals surface area contributed by atoms with E-state index in [4.69, 9.17) is 6.58 Å². The Morgan fingerprint density at radius 2 is 1.72 bits per heavy atom. The first kappa shape index (κ1) is 22.4. The van der Waals surface area contributed by atoms with Crippen LogP contribution in [-0.4, -0.2) is 0 Å². The van der Waals surface area contributed by atoms with Crippen LogP contribution in [0.2, 0.25) is 0 Å². The highest BCUT2D eigenvalue weighted by molar-refractivity contribution is 5.74. The largest absolute Gasteiger partial charge is 0.0943 e. The molecule has 0 radical (unpaired) electrons. The molecule has 1 aromatic rings. The quantitative estimate of drug-likeness (QED) is 0.290. The second kappa shape index (κ2) is 9.23. The van der Waals surface area contributed by atoms with Crippen molar-refractivity contribution >= 4 is 5.57 Å². The first-order valence-corrected chi connectivity index (χ1v) is 12.4. The van der Waals surface area contributed by atoms with Gasteiger partial charge in [0.25, 0.3) is 0 Å². The standard InChI is InChI=1S/C29H44/c1-7-9-10-11-14-24-21-26-15-12-20-29(26,27(24)13-8-2)22(3)23-16-18-25(19-17-23)28(4,5)6/h16-19,26H,3,7-15,20-21H2,1-2,4-6H3/t26-,29+/m0/s1. The van der Waals surface area contributed by atoms with E-state index in [1.54, 1.807) is 0 Å². The van der Waals surface area contributed by atoms with E-state index in [9.17, 15) is 0 Å². The molecule has 0 N–H and O–H groups in total. The van der Waals surface area contributed by atoms with E-state index in [0.717, 1.165) is 5.92 Å². The van der Waals surface area contributed by atoms with Crippen LogP contribution in [0.15, 0.2) is 42.0 Å². The van der Waals surface area contributed by atoms with Crippen LogP contribution in [0.1, 0.15) is 116 Å². The molecule has 1 fully saturated rings. The van der Waals surface area contributed by atoms with E-state index in [1.807, 2.05) is 11.1 Å². The minimum absolute atomic E-state index is 0.209. The Balaban J connectivity index is 1.91. The van der Waals surface area contributed by atoms with Crippen molar-refractivity contribution < 1.29 is 0 Å². The summed E-state index contributed by atoms with van der Waals surface area (Å²) in [5.41, 5.74) is 8.32. The summed E-state index contributed by atoms with van der Waals surface area (Å²) in [6, 6.07) is 9.39. The predicted octanol–water partition coefficient (Wildman–Crippen LogP) is 9.25. The van der Waals surface area contributed by atoms with Gasteiger partial charge in [-0.2, -0.15) is 0 Å². The molecule has 29 heavy (non-hydrogen) atoms.